The second-order valence-electron chi connectivity index (χ2n) is 9.12. The van der Waals surface area contributed by atoms with Crippen molar-refractivity contribution in [1.82, 2.24) is 24.8 Å². The number of nitriles is 1. The van der Waals surface area contributed by atoms with Gasteiger partial charge in [-0.05, 0) is 49.1 Å². The number of likely N-dealkylation sites (N-methyl/N-ethyl adjacent to an activating group) is 1. The highest BCUT2D eigenvalue weighted by molar-refractivity contribution is 6.35. The number of piperazine rings is 1. The molecule has 1 fully saturated rings. The van der Waals surface area contributed by atoms with Crippen LogP contribution in [0.4, 0.5) is 20.7 Å². The van der Waals surface area contributed by atoms with Gasteiger partial charge in [-0.2, -0.15) is 5.26 Å². The Morgan fingerprint density at radius 3 is 2.57 bits per heavy atom. The molecule has 1 saturated heterocycles. The Morgan fingerprint density at radius 1 is 1.26 bits per heavy atom. The first-order valence-corrected chi connectivity index (χ1v) is 11.8. The number of carbonyl (C=O) groups is 1. The summed E-state index contributed by atoms with van der Waals surface area (Å²) in [6.45, 7) is 9.73. The lowest BCUT2D eigenvalue weighted by Gasteiger charge is -2.38. The van der Waals surface area contributed by atoms with Crippen LogP contribution in [0.1, 0.15) is 26.1 Å². The Labute approximate surface area is 207 Å². The molecule has 2 radical (unpaired) electrons. The smallest absolute Gasteiger partial charge is 0.306 e. The lowest BCUT2D eigenvalue weighted by Crippen LogP contribution is -2.53. The van der Waals surface area contributed by atoms with E-state index in [0.717, 1.165) is 39.1 Å². The first-order valence-electron chi connectivity index (χ1n) is 11.8. The summed E-state index contributed by atoms with van der Waals surface area (Å²) in [7, 11) is 8.31. The van der Waals surface area contributed by atoms with Crippen LogP contribution in [-0.4, -0.2) is 91.5 Å². The molecule has 0 unspecified atom stereocenters. The van der Waals surface area contributed by atoms with E-state index < -0.39 is 6.03 Å². The molecular weight excluding hydrogens is 446 g/mol. The minimum atomic E-state index is -0.396. The molecule has 0 aliphatic carbocycles. The monoisotopic (exact) mass is 478 g/mol. The van der Waals surface area contributed by atoms with Crippen LogP contribution >= 0.6 is 0 Å². The highest BCUT2D eigenvalue weighted by Gasteiger charge is 2.26. The maximum absolute atomic E-state index is 13.5. The number of hydrogen-bond acceptors (Lipinski definition) is 7. The van der Waals surface area contributed by atoms with E-state index in [1.807, 2.05) is 19.9 Å². The summed E-state index contributed by atoms with van der Waals surface area (Å²) in [5.41, 5.74) is 0.738. The van der Waals surface area contributed by atoms with Gasteiger partial charge in [0.2, 0.25) is 5.82 Å². The Bertz CT molecular complexity index is 1020. The van der Waals surface area contributed by atoms with Gasteiger partial charge in [0.25, 0.3) is 0 Å². The Morgan fingerprint density at radius 2 is 1.94 bits per heavy atom. The zero-order chi connectivity index (χ0) is 25.4. The number of urea groups is 1. The minimum Gasteiger partial charge on any atom is -0.306 e. The molecule has 2 aromatic rings. The normalized spacial score (nSPS) is 14.5. The third-order valence-electron chi connectivity index (χ3n) is 5.74. The molecule has 11 heteroatoms. The molecule has 9 nitrogen and oxygen atoms in total. The number of anilines is 2. The van der Waals surface area contributed by atoms with Gasteiger partial charge < -0.3 is 15.1 Å². The quantitative estimate of drug-likeness (QED) is 0.434. The summed E-state index contributed by atoms with van der Waals surface area (Å²) in [5, 5.41) is 15.4. The molecule has 3 rings (SSSR count). The maximum atomic E-state index is 13.5. The van der Waals surface area contributed by atoms with Crippen molar-refractivity contribution in [3.8, 4) is 6.07 Å². The number of amides is 2. The molecular formula is C24H32BFN8O. The third-order valence-corrected chi connectivity index (χ3v) is 5.74. The third kappa shape index (κ3) is 7.63. The highest BCUT2D eigenvalue weighted by Crippen LogP contribution is 2.17. The van der Waals surface area contributed by atoms with Gasteiger partial charge in [-0.1, -0.05) is 13.8 Å². The SMILES string of the molecule is [B]c1cnc(C#N)nc1N(CC(C)C)N(CCCN1CCN(C)CC1)C(=O)Nc1ccc(F)cc1. The van der Waals surface area contributed by atoms with Gasteiger partial charge in [-0.15, -0.1) is 0 Å². The summed E-state index contributed by atoms with van der Waals surface area (Å²) in [6, 6.07) is 7.14. The van der Waals surface area contributed by atoms with Crippen molar-refractivity contribution in [2.75, 3.05) is 63.2 Å². The van der Waals surface area contributed by atoms with Crippen molar-refractivity contribution in [3.63, 3.8) is 0 Å². The van der Waals surface area contributed by atoms with Crippen molar-refractivity contribution < 1.29 is 9.18 Å². The average Bonchev–Trinajstić information content (AvgIpc) is 2.83. The fourth-order valence-corrected chi connectivity index (χ4v) is 3.86. The van der Waals surface area contributed by atoms with Crippen molar-refractivity contribution >= 4 is 30.8 Å². The first kappa shape index (κ1) is 26.4. The number of aromatic nitrogens is 2. The molecule has 2 amide bonds. The summed E-state index contributed by atoms with van der Waals surface area (Å²) in [6.07, 6.45) is 2.11. The number of nitrogens with one attached hydrogen (secondary N) is 1. The number of hydrazine groups is 1. The number of carbonyl (C=O) groups excluding carboxylic acids is 1. The van der Waals surface area contributed by atoms with E-state index >= 15 is 0 Å². The Kier molecular flexibility index (Phi) is 9.40. The fourth-order valence-electron chi connectivity index (χ4n) is 3.86. The highest BCUT2D eigenvalue weighted by atomic mass is 19.1. The fraction of sp³-hybridized carbons (Fsp3) is 0.500. The van der Waals surface area contributed by atoms with Crippen molar-refractivity contribution in [2.24, 2.45) is 5.92 Å². The van der Waals surface area contributed by atoms with Crippen LogP contribution < -0.4 is 15.8 Å². The van der Waals surface area contributed by atoms with E-state index in [-0.39, 0.29) is 23.0 Å². The molecule has 1 aromatic heterocycles. The number of halogens is 1. The number of hydrogen-bond donors (Lipinski definition) is 1. The summed E-state index contributed by atoms with van der Waals surface area (Å²) < 4.78 is 13.4. The number of nitrogens with zero attached hydrogens (tertiary/aromatic N) is 7. The predicted molar refractivity (Wildman–Crippen MR) is 135 cm³/mol. The molecule has 184 valence electrons. The molecule has 1 N–H and O–H groups in total. The maximum Gasteiger partial charge on any atom is 0.340 e. The largest absolute Gasteiger partial charge is 0.340 e. The van der Waals surface area contributed by atoms with Crippen molar-refractivity contribution in [3.05, 3.63) is 42.1 Å². The molecule has 1 aliphatic rings. The van der Waals surface area contributed by atoms with E-state index in [0.29, 0.717) is 24.6 Å². The topological polar surface area (TPSA) is 91.6 Å². The zero-order valence-electron chi connectivity index (χ0n) is 20.6. The van der Waals surface area contributed by atoms with E-state index in [1.165, 1.54) is 30.5 Å². The average molecular weight is 478 g/mol. The molecule has 0 spiro atoms. The molecule has 1 aromatic carbocycles. The molecule has 0 saturated carbocycles. The lowest BCUT2D eigenvalue weighted by molar-refractivity contribution is 0.146. The van der Waals surface area contributed by atoms with E-state index in [2.05, 4.69) is 32.1 Å². The van der Waals surface area contributed by atoms with Gasteiger partial charge in [-0.25, -0.2) is 24.2 Å². The van der Waals surface area contributed by atoms with Crippen LogP contribution in [0.15, 0.2) is 30.5 Å². The van der Waals surface area contributed by atoms with Crippen molar-refractivity contribution in [2.45, 2.75) is 20.3 Å². The molecule has 2 heterocycles. The van der Waals surface area contributed by atoms with Crippen LogP contribution in [0.25, 0.3) is 0 Å². The number of rotatable bonds is 9. The van der Waals surface area contributed by atoms with E-state index in [1.54, 1.807) is 10.0 Å². The Balaban J connectivity index is 1.85. The van der Waals surface area contributed by atoms with Crippen LogP contribution in [0, 0.1) is 23.1 Å². The molecule has 35 heavy (non-hydrogen) atoms. The summed E-state index contributed by atoms with van der Waals surface area (Å²) >= 11 is 0. The van der Waals surface area contributed by atoms with E-state index in [9.17, 15) is 14.4 Å². The predicted octanol–water partition coefficient (Wildman–Crippen LogP) is 1.83. The lowest BCUT2D eigenvalue weighted by atomic mass is 9.98. The second kappa shape index (κ2) is 12.5. The molecule has 1 aliphatic heterocycles. The first-order chi connectivity index (χ1) is 16.8. The van der Waals surface area contributed by atoms with Crippen LogP contribution in [0.2, 0.25) is 0 Å². The van der Waals surface area contributed by atoms with Crippen LogP contribution in [0.5, 0.6) is 0 Å². The van der Waals surface area contributed by atoms with Crippen LogP contribution in [-0.2, 0) is 0 Å². The van der Waals surface area contributed by atoms with Gasteiger partial charge in [0.1, 0.15) is 25.6 Å². The Hall–Kier alpha value is -3.23. The van der Waals surface area contributed by atoms with Crippen molar-refractivity contribution in [1.29, 1.82) is 5.26 Å². The van der Waals surface area contributed by atoms with E-state index in [4.69, 9.17) is 7.85 Å². The van der Waals surface area contributed by atoms with Gasteiger partial charge in [0, 0.05) is 57.7 Å². The summed E-state index contributed by atoms with van der Waals surface area (Å²) in [4.78, 5) is 26.4. The number of benzene rings is 1. The second-order valence-corrected chi connectivity index (χ2v) is 9.12. The van der Waals surface area contributed by atoms with Crippen LogP contribution in [0.3, 0.4) is 0 Å². The standard InChI is InChI=1S/C24H32BFN8O/c1-18(2)17-34(23-21(25)16-28-22(15-27)30-23)33(10-4-9-32-13-11-31(3)12-14-32)24(35)29-20-7-5-19(26)6-8-20/h5-8,16,18H,4,9-14,17H2,1-3H3,(H,29,35). The van der Waals surface area contributed by atoms with Gasteiger partial charge in [0.05, 0.1) is 0 Å². The van der Waals surface area contributed by atoms with Gasteiger partial charge >= 0.3 is 6.03 Å². The van der Waals surface area contributed by atoms with Gasteiger partial charge in [0.15, 0.2) is 0 Å². The summed E-state index contributed by atoms with van der Waals surface area (Å²) in [5.74, 6) is 0.0540. The zero-order valence-corrected chi connectivity index (χ0v) is 20.6. The van der Waals surface area contributed by atoms with Gasteiger partial charge in [-0.3, -0.25) is 5.01 Å². The molecule has 0 bridgehead atoms. The minimum absolute atomic E-state index is 0.0284. The molecule has 0 atom stereocenters.